The number of carbonyl (C=O) groups is 1. The van der Waals surface area contributed by atoms with Crippen LogP contribution in [0.3, 0.4) is 0 Å². The van der Waals surface area contributed by atoms with Gasteiger partial charge in [0, 0.05) is 35.8 Å². The van der Waals surface area contributed by atoms with Crippen LogP contribution in [0.25, 0.3) is 22.3 Å². The largest absolute Gasteiger partial charge is 0.444 e. The molecule has 1 atom stereocenters. The van der Waals surface area contributed by atoms with E-state index in [2.05, 4.69) is 41.0 Å². The number of unbranched alkanes of at least 4 members (excludes halogenated alkanes) is 7. The Balaban J connectivity index is 1.41. The second kappa shape index (κ2) is 11.9. The molecule has 36 heavy (non-hydrogen) atoms. The van der Waals surface area contributed by atoms with Crippen molar-refractivity contribution in [2.75, 3.05) is 6.54 Å². The van der Waals surface area contributed by atoms with E-state index in [4.69, 9.17) is 14.2 Å². The molecule has 196 valence electrons. The fourth-order valence-electron chi connectivity index (χ4n) is 5.07. The Morgan fingerprint density at radius 2 is 1.83 bits per heavy atom. The van der Waals surface area contributed by atoms with Crippen LogP contribution in [0, 0.1) is 0 Å². The van der Waals surface area contributed by atoms with Gasteiger partial charge in [-0.3, -0.25) is 4.90 Å². The average molecular weight is 495 g/mol. The molecule has 1 aromatic carbocycles. The highest BCUT2D eigenvalue weighted by atomic mass is 16.6. The van der Waals surface area contributed by atoms with Crippen LogP contribution in [0.5, 0.6) is 0 Å². The van der Waals surface area contributed by atoms with Crippen LogP contribution >= 0.6 is 0 Å². The zero-order chi connectivity index (χ0) is 25.5. The van der Waals surface area contributed by atoms with Gasteiger partial charge in [0.15, 0.2) is 0 Å². The maximum Gasteiger partial charge on any atom is 0.410 e. The predicted octanol–water partition coefficient (Wildman–Crippen LogP) is 7.90. The number of fused-ring (bicyclic) bond motifs is 1. The van der Waals surface area contributed by atoms with E-state index in [9.17, 15) is 4.79 Å². The first-order valence-electron chi connectivity index (χ1n) is 13.8. The molecular formula is C29H42N4O3. The highest BCUT2D eigenvalue weighted by molar-refractivity contribution is 5.93. The summed E-state index contributed by atoms with van der Waals surface area (Å²) in [5.41, 5.74) is 1.61. The number of hydrogen-bond acceptors (Lipinski definition) is 5. The Hall–Kier alpha value is -2.83. The molecule has 7 heteroatoms. The van der Waals surface area contributed by atoms with Crippen molar-refractivity contribution in [1.29, 1.82) is 0 Å². The minimum atomic E-state index is -0.540. The minimum absolute atomic E-state index is 0.244. The second-order valence-electron chi connectivity index (χ2n) is 11.0. The first-order chi connectivity index (χ1) is 17.4. The Labute approximate surface area is 215 Å². The molecule has 4 rings (SSSR count). The topological polar surface area (TPSA) is 73.4 Å². The lowest BCUT2D eigenvalue weighted by atomic mass is 10.1. The Kier molecular flexibility index (Phi) is 8.70. The molecule has 0 spiro atoms. The van der Waals surface area contributed by atoms with Crippen molar-refractivity contribution >= 4 is 17.0 Å². The monoisotopic (exact) mass is 494 g/mol. The lowest BCUT2D eigenvalue weighted by molar-refractivity contribution is 0.0199. The van der Waals surface area contributed by atoms with E-state index in [-0.39, 0.29) is 12.1 Å². The van der Waals surface area contributed by atoms with Crippen LogP contribution < -0.4 is 0 Å². The summed E-state index contributed by atoms with van der Waals surface area (Å²) in [6, 6.07) is 8.16. The molecule has 7 nitrogen and oxygen atoms in total. The van der Waals surface area contributed by atoms with E-state index in [1.807, 2.05) is 26.8 Å². The van der Waals surface area contributed by atoms with Gasteiger partial charge in [0.1, 0.15) is 11.6 Å². The van der Waals surface area contributed by atoms with Gasteiger partial charge in [-0.25, -0.2) is 4.79 Å². The zero-order valence-electron chi connectivity index (χ0n) is 22.5. The van der Waals surface area contributed by atoms with Gasteiger partial charge in [0.25, 0.3) is 0 Å². The first-order valence-corrected chi connectivity index (χ1v) is 13.8. The molecule has 1 aliphatic rings. The highest BCUT2D eigenvalue weighted by Gasteiger charge is 2.36. The number of nitrogens with zero attached hydrogens (tertiary/aromatic N) is 4. The maximum atomic E-state index is 12.7. The molecule has 0 saturated carbocycles. The van der Waals surface area contributed by atoms with Crippen molar-refractivity contribution in [2.45, 2.75) is 110 Å². The summed E-state index contributed by atoms with van der Waals surface area (Å²) >= 11 is 0. The van der Waals surface area contributed by atoms with Crippen molar-refractivity contribution in [1.82, 2.24) is 19.6 Å². The van der Waals surface area contributed by atoms with Gasteiger partial charge in [-0.1, -0.05) is 69.2 Å². The number of aryl methyl sites for hydroxylation is 1. The fraction of sp³-hybridized carbons (Fsp3) is 0.621. The van der Waals surface area contributed by atoms with E-state index < -0.39 is 5.60 Å². The number of amides is 1. The van der Waals surface area contributed by atoms with Crippen LogP contribution in [-0.4, -0.2) is 37.8 Å². The van der Waals surface area contributed by atoms with Gasteiger partial charge in [-0.05, 0) is 52.2 Å². The van der Waals surface area contributed by atoms with Gasteiger partial charge in [0.05, 0.1) is 0 Å². The molecule has 3 aromatic rings. The van der Waals surface area contributed by atoms with Crippen molar-refractivity contribution < 1.29 is 14.1 Å². The Morgan fingerprint density at radius 1 is 1.08 bits per heavy atom. The SMILES string of the molecule is CCCCCCCCCCn1ccc2c(-c3noc([C@@H]4CCCN4C(=O)OC(C)(C)C)n3)cccc21. The molecule has 0 radical (unpaired) electrons. The molecule has 3 heterocycles. The zero-order valence-corrected chi connectivity index (χ0v) is 22.5. The summed E-state index contributed by atoms with van der Waals surface area (Å²) in [6.07, 6.45) is 14.1. The van der Waals surface area contributed by atoms with E-state index in [0.717, 1.165) is 30.3 Å². The van der Waals surface area contributed by atoms with E-state index in [1.54, 1.807) is 4.90 Å². The van der Waals surface area contributed by atoms with Crippen molar-refractivity contribution in [3.63, 3.8) is 0 Å². The highest BCUT2D eigenvalue weighted by Crippen LogP contribution is 2.34. The van der Waals surface area contributed by atoms with Crippen molar-refractivity contribution in [3.8, 4) is 11.4 Å². The number of likely N-dealkylation sites (tertiary alicyclic amines) is 1. The summed E-state index contributed by atoms with van der Waals surface area (Å²) in [6.45, 7) is 9.55. The number of hydrogen-bond donors (Lipinski definition) is 0. The lowest BCUT2D eigenvalue weighted by Crippen LogP contribution is -2.36. The number of ether oxygens (including phenoxy) is 1. The van der Waals surface area contributed by atoms with Gasteiger partial charge < -0.3 is 13.8 Å². The molecule has 1 fully saturated rings. The molecule has 0 bridgehead atoms. The smallest absolute Gasteiger partial charge is 0.410 e. The van der Waals surface area contributed by atoms with Crippen LogP contribution in [0.15, 0.2) is 35.0 Å². The van der Waals surface area contributed by atoms with Crippen LogP contribution in [-0.2, 0) is 11.3 Å². The van der Waals surface area contributed by atoms with Crippen LogP contribution in [0.4, 0.5) is 4.79 Å². The summed E-state index contributed by atoms with van der Waals surface area (Å²) < 4.78 is 13.6. The Bertz CT molecular complexity index is 1130. The number of carbonyl (C=O) groups excluding carboxylic acids is 1. The van der Waals surface area contributed by atoms with Crippen LogP contribution in [0.2, 0.25) is 0 Å². The number of benzene rings is 1. The number of aromatic nitrogens is 3. The molecule has 2 aromatic heterocycles. The van der Waals surface area contributed by atoms with Crippen molar-refractivity contribution in [3.05, 3.63) is 36.4 Å². The molecule has 1 aliphatic heterocycles. The summed E-state index contributed by atoms with van der Waals surface area (Å²) in [4.78, 5) is 19.1. The molecule has 1 saturated heterocycles. The molecule has 1 amide bonds. The summed E-state index contributed by atoms with van der Waals surface area (Å²) in [7, 11) is 0. The fourth-order valence-corrected chi connectivity index (χ4v) is 5.07. The van der Waals surface area contributed by atoms with E-state index in [0.29, 0.717) is 18.3 Å². The summed E-state index contributed by atoms with van der Waals surface area (Å²) in [5.74, 6) is 1.04. The van der Waals surface area contributed by atoms with Gasteiger partial charge in [0.2, 0.25) is 11.7 Å². The van der Waals surface area contributed by atoms with Gasteiger partial charge >= 0.3 is 6.09 Å². The molecular weight excluding hydrogens is 452 g/mol. The third-order valence-electron chi connectivity index (χ3n) is 6.91. The average Bonchev–Trinajstić information content (AvgIpc) is 3.59. The standard InChI is InChI=1S/C29H42N4O3/c1-5-6-7-8-9-10-11-12-19-32-21-18-22-23(15-13-16-24(22)32)26-30-27(36-31-26)25-17-14-20-33(25)28(34)35-29(2,3)4/h13,15-16,18,21,25H,5-12,14,17,19-20H2,1-4H3/t25-/m0/s1. The van der Waals surface area contributed by atoms with E-state index in [1.165, 1.54) is 56.9 Å². The number of rotatable bonds is 11. The first kappa shape index (κ1) is 26.2. The third-order valence-corrected chi connectivity index (χ3v) is 6.91. The van der Waals surface area contributed by atoms with Crippen LogP contribution in [0.1, 0.15) is 104 Å². The minimum Gasteiger partial charge on any atom is -0.444 e. The molecule has 0 N–H and O–H groups in total. The normalized spacial score (nSPS) is 16.2. The molecule has 0 unspecified atom stereocenters. The third kappa shape index (κ3) is 6.48. The van der Waals surface area contributed by atoms with E-state index >= 15 is 0 Å². The maximum absolute atomic E-state index is 12.7. The lowest BCUT2D eigenvalue weighted by Gasteiger charge is -2.26. The van der Waals surface area contributed by atoms with Gasteiger partial charge in [-0.15, -0.1) is 0 Å². The predicted molar refractivity (Wildman–Crippen MR) is 143 cm³/mol. The molecule has 0 aliphatic carbocycles. The van der Waals surface area contributed by atoms with Gasteiger partial charge in [-0.2, -0.15) is 4.98 Å². The summed E-state index contributed by atoms with van der Waals surface area (Å²) in [5, 5.41) is 5.43. The van der Waals surface area contributed by atoms with Crippen molar-refractivity contribution in [2.24, 2.45) is 0 Å². The second-order valence-corrected chi connectivity index (χ2v) is 11.0. The Morgan fingerprint density at radius 3 is 2.58 bits per heavy atom. The quantitative estimate of drug-likeness (QED) is 0.253.